The number of carbonyl (C=O) groups is 4. The number of nitrogens with zero attached hydrogens (tertiary/aromatic N) is 2. The average molecular weight is 535 g/mol. The fourth-order valence-electron chi connectivity index (χ4n) is 4.59. The highest BCUT2D eigenvalue weighted by atomic mass is 32.2. The Morgan fingerprint density at radius 2 is 1.14 bits per heavy atom. The SMILES string of the molecule is CSCC[C@H](NC(=O)c1cccc(C(=O)N[C@H](CCSC)C(=O)N2CCCC2)c1)C(=O)N1CCCC1. The summed E-state index contributed by atoms with van der Waals surface area (Å²) in [6, 6.07) is 5.28. The number of hydrogen-bond donors (Lipinski definition) is 2. The number of rotatable bonds is 12. The molecule has 2 aliphatic rings. The van der Waals surface area contributed by atoms with Crippen LogP contribution >= 0.6 is 23.5 Å². The summed E-state index contributed by atoms with van der Waals surface area (Å²) in [5.74, 6) is 0.678. The molecule has 1 aromatic carbocycles. The predicted molar refractivity (Wildman–Crippen MR) is 147 cm³/mol. The summed E-state index contributed by atoms with van der Waals surface area (Å²) in [4.78, 5) is 55.7. The highest BCUT2D eigenvalue weighted by molar-refractivity contribution is 7.98. The summed E-state index contributed by atoms with van der Waals surface area (Å²) < 4.78 is 0. The van der Waals surface area contributed by atoms with Gasteiger partial charge in [-0.1, -0.05) is 6.07 Å². The Labute approximate surface area is 222 Å². The van der Waals surface area contributed by atoms with Crippen molar-refractivity contribution in [3.63, 3.8) is 0 Å². The van der Waals surface area contributed by atoms with Crippen molar-refractivity contribution in [2.24, 2.45) is 0 Å². The first-order valence-corrected chi connectivity index (χ1v) is 15.5. The van der Waals surface area contributed by atoms with Crippen LogP contribution in [0.15, 0.2) is 24.3 Å². The fraction of sp³-hybridized carbons (Fsp3) is 0.615. The van der Waals surface area contributed by atoms with Gasteiger partial charge in [-0.3, -0.25) is 19.2 Å². The van der Waals surface area contributed by atoms with Crippen LogP contribution in [0.4, 0.5) is 0 Å². The summed E-state index contributed by atoms with van der Waals surface area (Å²) >= 11 is 3.27. The predicted octanol–water partition coefficient (Wildman–Crippen LogP) is 2.63. The summed E-state index contributed by atoms with van der Waals surface area (Å²) in [6.45, 7) is 2.92. The second-order valence-electron chi connectivity index (χ2n) is 9.26. The van der Waals surface area contributed by atoms with Crippen LogP contribution in [0.5, 0.6) is 0 Å². The molecule has 2 atom stereocenters. The van der Waals surface area contributed by atoms with Gasteiger partial charge in [-0.05, 0) is 80.7 Å². The van der Waals surface area contributed by atoms with Gasteiger partial charge >= 0.3 is 0 Å². The van der Waals surface area contributed by atoms with E-state index in [1.54, 1.807) is 41.7 Å². The molecule has 2 heterocycles. The van der Waals surface area contributed by atoms with Crippen LogP contribution in [0.25, 0.3) is 0 Å². The first-order chi connectivity index (χ1) is 17.4. The Kier molecular flexibility index (Phi) is 11.4. The maximum absolute atomic E-state index is 13.1. The van der Waals surface area contributed by atoms with E-state index in [4.69, 9.17) is 0 Å². The van der Waals surface area contributed by atoms with Crippen LogP contribution in [0.1, 0.15) is 59.2 Å². The Morgan fingerprint density at radius 3 is 1.50 bits per heavy atom. The van der Waals surface area contributed by atoms with Crippen LogP contribution in [0, 0.1) is 0 Å². The first kappa shape index (κ1) is 28.4. The molecule has 2 fully saturated rings. The lowest BCUT2D eigenvalue weighted by molar-refractivity contribution is -0.132. The molecule has 1 aromatic rings. The largest absolute Gasteiger partial charge is 0.341 e. The number of benzene rings is 1. The minimum absolute atomic E-state index is 0.0409. The van der Waals surface area contributed by atoms with Crippen molar-refractivity contribution >= 4 is 47.2 Å². The molecule has 0 aromatic heterocycles. The van der Waals surface area contributed by atoms with Gasteiger partial charge in [0, 0.05) is 37.3 Å². The Balaban J connectivity index is 1.68. The van der Waals surface area contributed by atoms with Crippen LogP contribution in [-0.4, -0.2) is 95.7 Å². The summed E-state index contributed by atoms with van der Waals surface area (Å²) in [6.07, 6.45) is 9.02. The molecule has 8 nitrogen and oxygen atoms in total. The van der Waals surface area contributed by atoms with Crippen LogP contribution in [-0.2, 0) is 9.59 Å². The monoisotopic (exact) mass is 534 g/mol. The number of hydrogen-bond acceptors (Lipinski definition) is 6. The normalized spacial score (nSPS) is 17.1. The summed E-state index contributed by atoms with van der Waals surface area (Å²) in [5, 5.41) is 5.79. The minimum atomic E-state index is -0.588. The van der Waals surface area contributed by atoms with Gasteiger partial charge in [0.1, 0.15) is 12.1 Å². The zero-order valence-corrected chi connectivity index (χ0v) is 22.9. The van der Waals surface area contributed by atoms with Gasteiger partial charge in [-0.2, -0.15) is 23.5 Å². The van der Waals surface area contributed by atoms with Gasteiger partial charge in [0.05, 0.1) is 0 Å². The lowest BCUT2D eigenvalue weighted by Gasteiger charge is -2.24. The molecule has 36 heavy (non-hydrogen) atoms. The van der Waals surface area contributed by atoms with Crippen molar-refractivity contribution in [2.75, 3.05) is 50.2 Å². The van der Waals surface area contributed by atoms with E-state index in [-0.39, 0.29) is 23.6 Å². The molecule has 0 saturated carbocycles. The van der Waals surface area contributed by atoms with Crippen LogP contribution in [0.2, 0.25) is 0 Å². The zero-order chi connectivity index (χ0) is 25.9. The standard InChI is InChI=1S/C26H38N4O4S2/c1-35-16-10-21(25(33)29-12-3-4-13-29)27-23(31)19-8-7-9-20(18-19)24(32)28-22(11-17-36-2)26(34)30-14-5-6-15-30/h7-9,18,21-22H,3-6,10-17H2,1-2H3,(H,27,31)(H,28,32)/t21-,22+. The Morgan fingerprint density at radius 1 is 0.750 bits per heavy atom. The van der Waals surface area contributed by atoms with Crippen LogP contribution < -0.4 is 10.6 Å². The number of nitrogens with one attached hydrogen (secondary N) is 2. The van der Waals surface area contributed by atoms with Gasteiger partial charge in [-0.25, -0.2) is 0 Å². The van der Waals surface area contributed by atoms with Gasteiger partial charge in [-0.15, -0.1) is 0 Å². The number of carbonyl (C=O) groups excluding carboxylic acids is 4. The highest BCUT2D eigenvalue weighted by Crippen LogP contribution is 2.15. The molecule has 4 amide bonds. The lowest BCUT2D eigenvalue weighted by Crippen LogP contribution is -2.48. The molecule has 2 N–H and O–H groups in total. The maximum Gasteiger partial charge on any atom is 0.251 e. The van der Waals surface area contributed by atoms with E-state index in [0.717, 1.165) is 63.4 Å². The topological polar surface area (TPSA) is 98.8 Å². The molecule has 0 spiro atoms. The Bertz CT molecular complexity index is 848. The van der Waals surface area contributed by atoms with Gasteiger partial charge in [0.25, 0.3) is 11.8 Å². The van der Waals surface area contributed by atoms with Gasteiger partial charge < -0.3 is 20.4 Å². The molecule has 0 unspecified atom stereocenters. The van der Waals surface area contributed by atoms with E-state index in [0.29, 0.717) is 24.0 Å². The molecule has 10 heteroatoms. The molecule has 198 valence electrons. The van der Waals surface area contributed by atoms with E-state index < -0.39 is 12.1 Å². The van der Waals surface area contributed by atoms with Gasteiger partial charge in [0.2, 0.25) is 11.8 Å². The van der Waals surface area contributed by atoms with Gasteiger partial charge in [0.15, 0.2) is 0 Å². The second kappa shape index (κ2) is 14.5. The molecule has 0 radical (unpaired) electrons. The third kappa shape index (κ3) is 7.90. The fourth-order valence-corrected chi connectivity index (χ4v) is 5.53. The van der Waals surface area contributed by atoms with E-state index in [2.05, 4.69) is 10.6 Å². The first-order valence-electron chi connectivity index (χ1n) is 12.7. The van der Waals surface area contributed by atoms with E-state index >= 15 is 0 Å². The smallest absolute Gasteiger partial charge is 0.251 e. The average Bonchev–Trinajstić information content (AvgIpc) is 3.63. The number of thioether (sulfide) groups is 2. The van der Waals surface area contributed by atoms with E-state index in [1.165, 1.54) is 6.07 Å². The van der Waals surface area contributed by atoms with Crippen molar-refractivity contribution in [1.29, 1.82) is 0 Å². The molecule has 3 rings (SSSR count). The van der Waals surface area contributed by atoms with Crippen LogP contribution in [0.3, 0.4) is 0 Å². The molecule has 2 aliphatic heterocycles. The Hall–Kier alpha value is -2.20. The van der Waals surface area contributed by atoms with Crippen molar-refractivity contribution in [3.05, 3.63) is 35.4 Å². The molecule has 0 aliphatic carbocycles. The molecular formula is C26H38N4O4S2. The lowest BCUT2D eigenvalue weighted by atomic mass is 10.1. The third-order valence-corrected chi connectivity index (χ3v) is 7.94. The molecule has 2 saturated heterocycles. The molecular weight excluding hydrogens is 496 g/mol. The van der Waals surface area contributed by atoms with Crippen molar-refractivity contribution in [3.8, 4) is 0 Å². The summed E-state index contributed by atoms with van der Waals surface area (Å²) in [7, 11) is 0. The third-order valence-electron chi connectivity index (χ3n) is 6.65. The molecule has 0 bridgehead atoms. The second-order valence-corrected chi connectivity index (χ2v) is 11.2. The number of amides is 4. The minimum Gasteiger partial charge on any atom is -0.341 e. The quantitative estimate of drug-likeness (QED) is 0.428. The highest BCUT2D eigenvalue weighted by Gasteiger charge is 2.29. The van der Waals surface area contributed by atoms with Crippen molar-refractivity contribution in [2.45, 2.75) is 50.6 Å². The maximum atomic E-state index is 13.1. The summed E-state index contributed by atoms with van der Waals surface area (Å²) in [5.41, 5.74) is 0.634. The van der Waals surface area contributed by atoms with E-state index in [9.17, 15) is 19.2 Å². The van der Waals surface area contributed by atoms with Crippen molar-refractivity contribution < 1.29 is 19.2 Å². The van der Waals surface area contributed by atoms with Crippen molar-refractivity contribution in [1.82, 2.24) is 20.4 Å². The zero-order valence-electron chi connectivity index (χ0n) is 21.3. The number of likely N-dealkylation sites (tertiary alicyclic amines) is 2. The van der Waals surface area contributed by atoms with E-state index in [1.807, 2.05) is 22.3 Å².